The summed E-state index contributed by atoms with van der Waals surface area (Å²) in [5.74, 6) is -2.03. The van der Waals surface area contributed by atoms with Crippen LogP contribution in [0.4, 0.5) is 0 Å². The Balaban J connectivity index is -0.000000147. The molecule has 15 heavy (non-hydrogen) atoms. The van der Waals surface area contributed by atoms with Gasteiger partial charge >= 0.3 is 11.9 Å². The first kappa shape index (κ1) is 18.8. The molecule has 0 saturated heterocycles. The third-order valence-corrected chi connectivity index (χ3v) is 0.522. The highest BCUT2D eigenvalue weighted by Crippen LogP contribution is 1.69. The topological polar surface area (TPSA) is 101 Å². The van der Waals surface area contributed by atoms with Crippen LogP contribution in [0, 0.1) is 0 Å². The summed E-state index contributed by atoms with van der Waals surface area (Å²) in [6, 6.07) is 0. The van der Waals surface area contributed by atoms with E-state index in [2.05, 4.69) is 11.3 Å². The Hall–Kier alpha value is -1.85. The number of ether oxygens (including phenoxy) is 1. The largest absolute Gasteiger partial charge is 0.481 e. The van der Waals surface area contributed by atoms with Gasteiger partial charge in [-0.05, 0) is 6.92 Å². The van der Waals surface area contributed by atoms with E-state index in [-0.39, 0.29) is 5.97 Å². The molecule has 6 nitrogen and oxygen atoms in total. The van der Waals surface area contributed by atoms with E-state index < -0.39 is 11.9 Å². The number of carbonyl (C=O) groups excluding carboxylic acids is 1. The number of hydrogen-bond acceptors (Lipinski definition) is 4. The monoisotopic (exact) mass is 220 g/mol. The van der Waals surface area contributed by atoms with E-state index in [4.69, 9.17) is 15.0 Å². The summed E-state index contributed by atoms with van der Waals surface area (Å²) in [6.45, 7) is 7.70. The molecule has 0 aliphatic carbocycles. The highest BCUT2D eigenvalue weighted by atomic mass is 16.5. The van der Waals surface area contributed by atoms with Gasteiger partial charge in [0.2, 0.25) is 0 Å². The summed E-state index contributed by atoms with van der Waals surface area (Å²) in [7, 11) is 0. The Kier molecular flexibility index (Phi) is 18.4. The molecule has 0 aromatic carbocycles. The second kappa shape index (κ2) is 14.7. The van der Waals surface area contributed by atoms with Crippen LogP contribution in [0.1, 0.15) is 20.8 Å². The minimum absolute atomic E-state index is 0.211. The van der Waals surface area contributed by atoms with Crippen LogP contribution >= 0.6 is 0 Å². The summed E-state index contributed by atoms with van der Waals surface area (Å²) < 4.78 is 4.40. The van der Waals surface area contributed by atoms with Crippen molar-refractivity contribution in [1.82, 2.24) is 0 Å². The molecule has 0 atom stereocenters. The maximum Gasteiger partial charge on any atom is 0.327 e. The van der Waals surface area contributed by atoms with E-state index in [1.165, 1.54) is 6.92 Å². The molecular formula is C9H16O6. The Morgan fingerprint density at radius 1 is 1.27 bits per heavy atom. The van der Waals surface area contributed by atoms with Crippen LogP contribution in [0.15, 0.2) is 12.7 Å². The van der Waals surface area contributed by atoms with E-state index in [1.807, 2.05) is 0 Å². The average molecular weight is 220 g/mol. The quantitative estimate of drug-likeness (QED) is 0.530. The van der Waals surface area contributed by atoms with Crippen molar-refractivity contribution < 1.29 is 29.3 Å². The van der Waals surface area contributed by atoms with E-state index in [0.717, 1.165) is 13.0 Å². The number of aliphatic carboxylic acids is 2. The van der Waals surface area contributed by atoms with Crippen molar-refractivity contribution in [2.75, 3.05) is 6.61 Å². The zero-order chi connectivity index (χ0) is 12.9. The predicted octanol–water partition coefficient (Wildman–Crippen LogP) is 0.917. The zero-order valence-corrected chi connectivity index (χ0v) is 9.02. The van der Waals surface area contributed by atoms with Gasteiger partial charge in [-0.1, -0.05) is 6.58 Å². The smallest absolute Gasteiger partial charge is 0.327 e. The Bertz CT molecular complexity index is 205. The molecule has 0 fully saturated rings. The van der Waals surface area contributed by atoms with Crippen molar-refractivity contribution >= 4 is 17.9 Å². The van der Waals surface area contributed by atoms with Crippen LogP contribution in [-0.2, 0) is 19.1 Å². The van der Waals surface area contributed by atoms with Gasteiger partial charge in [0.25, 0.3) is 5.97 Å². The fraction of sp³-hybridized carbons (Fsp3) is 0.444. The lowest BCUT2D eigenvalue weighted by Gasteiger charge is -1.89. The number of carboxylic acids is 2. The van der Waals surface area contributed by atoms with Crippen molar-refractivity contribution in [3.05, 3.63) is 12.7 Å². The van der Waals surface area contributed by atoms with Gasteiger partial charge in [-0.3, -0.25) is 9.59 Å². The van der Waals surface area contributed by atoms with Crippen LogP contribution in [-0.4, -0.2) is 34.7 Å². The molecule has 0 heterocycles. The van der Waals surface area contributed by atoms with Crippen molar-refractivity contribution in [1.29, 1.82) is 0 Å². The molecule has 88 valence electrons. The van der Waals surface area contributed by atoms with Crippen LogP contribution < -0.4 is 0 Å². The van der Waals surface area contributed by atoms with Crippen LogP contribution in [0.3, 0.4) is 0 Å². The maximum atomic E-state index is 9.82. The molecule has 0 spiro atoms. The molecule has 0 aromatic heterocycles. The second-order valence-electron chi connectivity index (χ2n) is 1.99. The van der Waals surface area contributed by atoms with Gasteiger partial charge in [-0.15, -0.1) is 0 Å². The number of esters is 1. The highest BCUT2D eigenvalue weighted by Gasteiger charge is 1.81. The van der Waals surface area contributed by atoms with E-state index in [9.17, 15) is 9.59 Å². The van der Waals surface area contributed by atoms with Gasteiger partial charge in [-0.25, -0.2) is 4.79 Å². The van der Waals surface area contributed by atoms with E-state index >= 15 is 0 Å². The van der Waals surface area contributed by atoms with Gasteiger partial charge in [0.15, 0.2) is 0 Å². The minimum Gasteiger partial charge on any atom is -0.481 e. The minimum atomic E-state index is -0.981. The fourth-order valence-electron chi connectivity index (χ4n) is 0.203. The fourth-order valence-corrected chi connectivity index (χ4v) is 0.203. The summed E-state index contributed by atoms with van der Waals surface area (Å²) in [5.41, 5.74) is 0. The standard InChI is InChI=1S/C4H8O2.C3H4O2.C2H4O2/c1-3-6-4(2)5;1-2-3(4)5;1-2(3)4/h3H2,1-2H3;2H,1H2,(H,4,5);1H3,(H,3,4). The number of rotatable bonds is 2. The van der Waals surface area contributed by atoms with Crippen molar-refractivity contribution in [3.63, 3.8) is 0 Å². The highest BCUT2D eigenvalue weighted by molar-refractivity contribution is 5.78. The van der Waals surface area contributed by atoms with E-state index in [1.54, 1.807) is 6.92 Å². The molecular weight excluding hydrogens is 204 g/mol. The van der Waals surface area contributed by atoms with E-state index in [0.29, 0.717) is 6.61 Å². The normalized spacial score (nSPS) is 6.87. The second-order valence-corrected chi connectivity index (χ2v) is 1.99. The SMILES string of the molecule is C=CC(=O)O.CC(=O)O.CCOC(C)=O. The third-order valence-electron chi connectivity index (χ3n) is 0.522. The molecule has 0 aromatic rings. The molecule has 0 aliphatic rings. The zero-order valence-electron chi connectivity index (χ0n) is 9.02. The van der Waals surface area contributed by atoms with Crippen molar-refractivity contribution in [3.8, 4) is 0 Å². The predicted molar refractivity (Wildman–Crippen MR) is 53.4 cm³/mol. The molecule has 6 heteroatoms. The molecule has 0 amide bonds. The molecule has 0 bridgehead atoms. The molecule has 0 aliphatic heterocycles. The van der Waals surface area contributed by atoms with Crippen LogP contribution in [0.5, 0.6) is 0 Å². The Labute approximate surface area is 88.2 Å². The van der Waals surface area contributed by atoms with Gasteiger partial charge in [-0.2, -0.15) is 0 Å². The van der Waals surface area contributed by atoms with Crippen molar-refractivity contribution in [2.45, 2.75) is 20.8 Å². The molecule has 0 saturated carbocycles. The Morgan fingerprint density at radius 2 is 1.53 bits per heavy atom. The first-order chi connectivity index (χ1) is 6.77. The number of hydrogen-bond donors (Lipinski definition) is 2. The van der Waals surface area contributed by atoms with Gasteiger partial charge in [0.1, 0.15) is 0 Å². The lowest BCUT2D eigenvalue weighted by Crippen LogP contribution is -1.95. The summed E-state index contributed by atoms with van der Waals surface area (Å²) in [6.07, 6.45) is 0.833. The van der Waals surface area contributed by atoms with Crippen LogP contribution in [0.2, 0.25) is 0 Å². The summed E-state index contributed by atoms with van der Waals surface area (Å²) >= 11 is 0. The summed E-state index contributed by atoms with van der Waals surface area (Å²) in [5, 5.41) is 15.0. The number of carboxylic acid groups (broad SMARTS) is 2. The first-order valence-electron chi connectivity index (χ1n) is 3.96. The van der Waals surface area contributed by atoms with Gasteiger partial charge < -0.3 is 14.9 Å². The lowest BCUT2D eigenvalue weighted by atomic mass is 10.7. The van der Waals surface area contributed by atoms with Crippen molar-refractivity contribution in [2.24, 2.45) is 0 Å². The Morgan fingerprint density at radius 3 is 1.53 bits per heavy atom. The molecule has 0 rings (SSSR count). The molecule has 0 radical (unpaired) electrons. The molecule has 2 N–H and O–H groups in total. The summed E-state index contributed by atoms with van der Waals surface area (Å²) in [4.78, 5) is 28.1. The van der Waals surface area contributed by atoms with Gasteiger partial charge in [0, 0.05) is 19.9 Å². The third kappa shape index (κ3) is 126. The number of carbonyl (C=O) groups is 3. The van der Waals surface area contributed by atoms with Gasteiger partial charge in [0.05, 0.1) is 6.61 Å². The van der Waals surface area contributed by atoms with Crippen LogP contribution in [0.25, 0.3) is 0 Å². The lowest BCUT2D eigenvalue weighted by molar-refractivity contribution is -0.140. The maximum absolute atomic E-state index is 9.82. The average Bonchev–Trinajstić information content (AvgIpc) is 2.03. The first-order valence-corrected chi connectivity index (χ1v) is 3.96. The molecule has 0 unspecified atom stereocenters.